The maximum atomic E-state index is 12.7. The van der Waals surface area contributed by atoms with Crippen LogP contribution in [0.4, 0.5) is 11.4 Å². The third-order valence-corrected chi connectivity index (χ3v) is 7.53. The summed E-state index contributed by atoms with van der Waals surface area (Å²) in [6.45, 7) is 1.88. The van der Waals surface area contributed by atoms with Crippen molar-refractivity contribution >= 4 is 42.2 Å². The molecule has 0 radical (unpaired) electrons. The van der Waals surface area contributed by atoms with Crippen LogP contribution in [0.15, 0.2) is 101 Å². The molecule has 0 spiro atoms. The molecule has 0 fully saturated rings. The molecule has 0 aliphatic heterocycles. The van der Waals surface area contributed by atoms with E-state index < -0.39 is 20.0 Å². The van der Waals surface area contributed by atoms with Crippen LogP contribution in [0.2, 0.25) is 0 Å². The van der Waals surface area contributed by atoms with E-state index in [4.69, 9.17) is 0 Å². The minimum Gasteiger partial charge on any atom is -0.280 e. The maximum Gasteiger partial charge on any atom is 0.261 e. The van der Waals surface area contributed by atoms with E-state index in [9.17, 15) is 16.8 Å². The van der Waals surface area contributed by atoms with Gasteiger partial charge in [-0.05, 0) is 66.2 Å². The summed E-state index contributed by atoms with van der Waals surface area (Å²) in [5, 5.41) is 1.78. The predicted octanol–water partition coefficient (Wildman–Crippen LogP) is 4.75. The fourth-order valence-electron chi connectivity index (χ4n) is 3.09. The van der Waals surface area contributed by atoms with Gasteiger partial charge in [-0.25, -0.2) is 16.8 Å². The minimum absolute atomic E-state index is 0.148. The normalized spacial score (nSPS) is 11.9. The van der Waals surface area contributed by atoms with Gasteiger partial charge in [-0.1, -0.05) is 48.0 Å². The smallest absolute Gasteiger partial charge is 0.261 e. The van der Waals surface area contributed by atoms with Crippen LogP contribution in [-0.2, 0) is 20.0 Å². The molecular weight excluding hydrogens is 432 g/mol. The van der Waals surface area contributed by atoms with E-state index in [1.54, 1.807) is 30.3 Å². The van der Waals surface area contributed by atoms with Gasteiger partial charge in [0.05, 0.1) is 9.79 Å². The van der Waals surface area contributed by atoms with Crippen LogP contribution < -0.4 is 9.44 Å². The summed E-state index contributed by atoms with van der Waals surface area (Å²) in [7, 11) is -7.52. The molecule has 0 aliphatic carbocycles. The van der Waals surface area contributed by atoms with Crippen molar-refractivity contribution in [3.63, 3.8) is 0 Å². The molecule has 0 heterocycles. The van der Waals surface area contributed by atoms with Crippen LogP contribution in [-0.4, -0.2) is 16.8 Å². The molecule has 0 atom stereocenters. The Bertz CT molecular complexity index is 1450. The number of rotatable bonds is 6. The van der Waals surface area contributed by atoms with Crippen molar-refractivity contribution in [2.45, 2.75) is 16.7 Å². The molecule has 4 rings (SSSR count). The molecule has 0 saturated heterocycles. The van der Waals surface area contributed by atoms with Gasteiger partial charge in [0.15, 0.2) is 0 Å². The summed E-state index contributed by atoms with van der Waals surface area (Å²) in [4.78, 5) is 0.300. The molecule has 4 aromatic rings. The third kappa shape index (κ3) is 4.70. The molecule has 0 aliphatic rings. The Hall–Kier alpha value is -3.36. The Labute approximate surface area is 181 Å². The Kier molecular flexibility index (Phi) is 5.43. The highest BCUT2D eigenvalue weighted by molar-refractivity contribution is 7.93. The Balaban J connectivity index is 1.51. The summed E-state index contributed by atoms with van der Waals surface area (Å²) in [6, 6.07) is 24.9. The Morgan fingerprint density at radius 3 is 1.61 bits per heavy atom. The summed E-state index contributed by atoms with van der Waals surface area (Å²) in [5.74, 6) is 0. The quantitative estimate of drug-likeness (QED) is 0.442. The molecule has 6 nitrogen and oxygen atoms in total. The van der Waals surface area contributed by atoms with Gasteiger partial charge in [0.25, 0.3) is 20.0 Å². The summed E-state index contributed by atoms with van der Waals surface area (Å²) in [5.41, 5.74) is 1.61. The summed E-state index contributed by atoms with van der Waals surface area (Å²) >= 11 is 0. The number of fused-ring (bicyclic) bond motifs is 1. The third-order valence-electron chi connectivity index (χ3n) is 4.75. The van der Waals surface area contributed by atoms with Gasteiger partial charge < -0.3 is 0 Å². The second kappa shape index (κ2) is 8.05. The van der Waals surface area contributed by atoms with Crippen LogP contribution in [0.25, 0.3) is 10.8 Å². The first-order chi connectivity index (χ1) is 14.7. The molecule has 8 heteroatoms. The van der Waals surface area contributed by atoms with E-state index >= 15 is 0 Å². The van der Waals surface area contributed by atoms with Gasteiger partial charge in [-0.3, -0.25) is 9.44 Å². The topological polar surface area (TPSA) is 92.3 Å². The Morgan fingerprint density at radius 1 is 0.548 bits per heavy atom. The fraction of sp³-hybridized carbons (Fsp3) is 0.0435. The van der Waals surface area contributed by atoms with Crippen molar-refractivity contribution in [1.82, 2.24) is 0 Å². The lowest BCUT2D eigenvalue weighted by molar-refractivity contribution is 0.599. The Morgan fingerprint density at radius 2 is 1.03 bits per heavy atom. The molecule has 158 valence electrons. The van der Waals surface area contributed by atoms with Crippen molar-refractivity contribution in [1.29, 1.82) is 0 Å². The number of anilines is 2. The highest BCUT2D eigenvalue weighted by Gasteiger charge is 2.16. The number of hydrogen-bond donors (Lipinski definition) is 2. The van der Waals surface area contributed by atoms with E-state index in [1.165, 1.54) is 36.4 Å². The molecule has 31 heavy (non-hydrogen) atoms. The zero-order valence-electron chi connectivity index (χ0n) is 16.6. The molecule has 0 saturated carbocycles. The summed E-state index contributed by atoms with van der Waals surface area (Å²) in [6.07, 6.45) is 0. The van der Waals surface area contributed by atoms with E-state index in [1.807, 2.05) is 31.2 Å². The first-order valence-corrected chi connectivity index (χ1v) is 12.4. The van der Waals surface area contributed by atoms with Crippen LogP contribution in [0.3, 0.4) is 0 Å². The lowest BCUT2D eigenvalue weighted by Gasteiger charge is -2.11. The second-order valence-electron chi connectivity index (χ2n) is 7.11. The number of aryl methyl sites for hydroxylation is 1. The van der Waals surface area contributed by atoms with Gasteiger partial charge >= 0.3 is 0 Å². The first kappa shape index (κ1) is 20.9. The molecule has 0 bridgehead atoms. The first-order valence-electron chi connectivity index (χ1n) is 9.44. The van der Waals surface area contributed by atoms with Gasteiger partial charge in [0.1, 0.15) is 0 Å². The molecule has 0 amide bonds. The van der Waals surface area contributed by atoms with Gasteiger partial charge in [0.2, 0.25) is 0 Å². The van der Waals surface area contributed by atoms with Crippen molar-refractivity contribution in [2.75, 3.05) is 9.44 Å². The maximum absolute atomic E-state index is 12.7. The lowest BCUT2D eigenvalue weighted by atomic mass is 10.1. The standard InChI is InChI=1S/C23H20N2O4S2/c1-17-6-13-22(14-7-17)30(26,27)24-20-9-11-21(12-10-20)25-31(28,29)23-15-8-18-4-2-3-5-19(18)16-23/h2-16,24-25H,1H3. The number of sulfonamides is 2. The van der Waals surface area contributed by atoms with E-state index in [0.717, 1.165) is 16.3 Å². The van der Waals surface area contributed by atoms with Crippen LogP contribution >= 0.6 is 0 Å². The zero-order valence-corrected chi connectivity index (χ0v) is 18.2. The largest absolute Gasteiger partial charge is 0.280 e. The van der Waals surface area contributed by atoms with Crippen LogP contribution in [0, 0.1) is 6.92 Å². The van der Waals surface area contributed by atoms with Gasteiger partial charge in [0, 0.05) is 11.4 Å². The minimum atomic E-state index is -3.79. The van der Waals surface area contributed by atoms with E-state index in [-0.39, 0.29) is 9.79 Å². The van der Waals surface area contributed by atoms with E-state index in [0.29, 0.717) is 11.4 Å². The van der Waals surface area contributed by atoms with Crippen molar-refractivity contribution in [3.05, 3.63) is 96.6 Å². The number of hydrogen-bond acceptors (Lipinski definition) is 4. The van der Waals surface area contributed by atoms with Crippen molar-refractivity contribution < 1.29 is 16.8 Å². The zero-order chi connectivity index (χ0) is 22.1. The molecule has 0 aromatic heterocycles. The highest BCUT2D eigenvalue weighted by Crippen LogP contribution is 2.23. The SMILES string of the molecule is Cc1ccc(S(=O)(=O)Nc2ccc(NS(=O)(=O)c3ccc4ccccc4c3)cc2)cc1. The second-order valence-corrected chi connectivity index (χ2v) is 10.5. The van der Waals surface area contributed by atoms with Crippen molar-refractivity contribution in [2.24, 2.45) is 0 Å². The number of benzene rings is 4. The lowest BCUT2D eigenvalue weighted by Crippen LogP contribution is -2.14. The van der Waals surface area contributed by atoms with Crippen molar-refractivity contribution in [3.8, 4) is 0 Å². The van der Waals surface area contributed by atoms with E-state index in [2.05, 4.69) is 9.44 Å². The molecular formula is C23H20N2O4S2. The average molecular weight is 453 g/mol. The summed E-state index contributed by atoms with van der Waals surface area (Å²) < 4.78 is 55.5. The van der Waals surface area contributed by atoms with Gasteiger partial charge in [-0.15, -0.1) is 0 Å². The van der Waals surface area contributed by atoms with Crippen LogP contribution in [0.5, 0.6) is 0 Å². The fourth-order valence-corrected chi connectivity index (χ4v) is 5.24. The number of nitrogens with one attached hydrogen (secondary N) is 2. The van der Waals surface area contributed by atoms with Crippen LogP contribution in [0.1, 0.15) is 5.56 Å². The molecule has 0 unspecified atom stereocenters. The average Bonchev–Trinajstić information content (AvgIpc) is 2.75. The molecule has 2 N–H and O–H groups in total. The van der Waals surface area contributed by atoms with Gasteiger partial charge in [-0.2, -0.15) is 0 Å². The highest BCUT2D eigenvalue weighted by atomic mass is 32.2. The predicted molar refractivity (Wildman–Crippen MR) is 123 cm³/mol. The monoisotopic (exact) mass is 452 g/mol. The molecule has 4 aromatic carbocycles.